The van der Waals surface area contributed by atoms with Crippen molar-refractivity contribution in [3.8, 4) is 78.3 Å². The van der Waals surface area contributed by atoms with Crippen LogP contribution in [0.3, 0.4) is 0 Å². The number of hydrogen-bond donors (Lipinski definition) is 0. The van der Waals surface area contributed by atoms with Crippen LogP contribution in [0.1, 0.15) is 19.0 Å². The fourth-order valence-electron chi connectivity index (χ4n) is 9.26. The van der Waals surface area contributed by atoms with Gasteiger partial charge in [-0.3, -0.25) is 0 Å². The average Bonchev–Trinajstić information content (AvgIpc) is 3.36. The average molecular weight is 805 g/mol. The smallest absolute Gasteiger partial charge is 0.0715 e. The Morgan fingerprint density at radius 3 is 1.19 bits per heavy atom. The quantitative estimate of drug-likeness (QED) is 0.143. The molecule has 1 aliphatic carbocycles. The molecule has 0 amide bonds. The molecule has 298 valence electrons. The zero-order valence-corrected chi connectivity index (χ0v) is 35.1. The van der Waals surface area contributed by atoms with Crippen molar-refractivity contribution >= 4 is 27.1 Å². The Balaban J connectivity index is 0.985. The predicted molar refractivity (Wildman–Crippen MR) is 266 cm³/mol. The van der Waals surface area contributed by atoms with Crippen molar-refractivity contribution in [2.75, 3.05) is 0 Å². The van der Waals surface area contributed by atoms with Crippen LogP contribution in [0.15, 0.2) is 231 Å². The van der Waals surface area contributed by atoms with Gasteiger partial charge in [-0.2, -0.15) is 0 Å². The lowest BCUT2D eigenvalue weighted by Crippen LogP contribution is -2.03. The normalized spacial score (nSPS) is 13.6. The Bertz CT molecular complexity index is 3310. The number of allylic oxidation sites excluding steroid dienone is 4. The number of rotatable bonds is 8. The molecule has 0 N–H and O–H groups in total. The number of aromatic nitrogens is 2. The van der Waals surface area contributed by atoms with Crippen LogP contribution in [0.4, 0.5) is 0 Å². The highest BCUT2D eigenvalue weighted by Gasteiger charge is 2.18. The fourth-order valence-corrected chi connectivity index (χ4v) is 9.26. The molecule has 2 aromatic heterocycles. The summed E-state index contributed by atoms with van der Waals surface area (Å²) in [7, 11) is 0. The second kappa shape index (κ2) is 16.5. The number of hydrogen-bond acceptors (Lipinski definition) is 2. The van der Waals surface area contributed by atoms with E-state index < -0.39 is 0 Å². The van der Waals surface area contributed by atoms with E-state index >= 15 is 0 Å². The summed E-state index contributed by atoms with van der Waals surface area (Å²) in [4.78, 5) is 10.4. The van der Waals surface area contributed by atoms with Crippen molar-refractivity contribution in [1.82, 2.24) is 9.97 Å². The summed E-state index contributed by atoms with van der Waals surface area (Å²) in [5, 5.41) is 4.95. The van der Waals surface area contributed by atoms with Crippen molar-refractivity contribution < 1.29 is 0 Å². The molecule has 0 aliphatic heterocycles. The molecular weight excluding hydrogens is 761 g/mol. The lowest BCUT2D eigenvalue weighted by molar-refractivity contribution is 0.754. The van der Waals surface area contributed by atoms with E-state index in [4.69, 9.17) is 9.97 Å². The van der Waals surface area contributed by atoms with Gasteiger partial charge in [-0.1, -0.05) is 201 Å². The van der Waals surface area contributed by atoms with Crippen molar-refractivity contribution in [2.24, 2.45) is 5.92 Å². The van der Waals surface area contributed by atoms with E-state index in [2.05, 4.69) is 237 Å². The topological polar surface area (TPSA) is 25.8 Å². The minimum atomic E-state index is 0.408. The molecule has 2 nitrogen and oxygen atoms in total. The molecule has 63 heavy (non-hydrogen) atoms. The highest BCUT2D eigenvalue weighted by atomic mass is 14.7. The van der Waals surface area contributed by atoms with Gasteiger partial charge in [0.15, 0.2) is 0 Å². The van der Waals surface area contributed by atoms with Gasteiger partial charge in [0.1, 0.15) is 0 Å². The molecule has 8 aromatic carbocycles. The van der Waals surface area contributed by atoms with Crippen LogP contribution in [-0.4, -0.2) is 9.97 Å². The maximum absolute atomic E-state index is 5.23. The van der Waals surface area contributed by atoms with Gasteiger partial charge >= 0.3 is 0 Å². The standard InChI is InChI=1S/C61H44N2/c1-41-17-11-12-28-51(41)61-40-50(39-60(63-61)44-22-9-4-10-23-44)46-25-14-27-48(36-46)53-30-16-32-55-54-31-15-29-52(56(54)33-34-57(53)55)47-26-13-24-45(35-47)49-37-58(42-18-5-2-6-19-42)62-59(38-49)43-20-7-3-8-21-43/h2-16,18-41H,17H2,1H3. The van der Waals surface area contributed by atoms with Crippen LogP contribution >= 0.6 is 0 Å². The van der Waals surface area contributed by atoms with Crippen LogP contribution in [0.2, 0.25) is 0 Å². The summed E-state index contributed by atoms with van der Waals surface area (Å²) in [6.07, 6.45) is 7.67. The first-order valence-electron chi connectivity index (χ1n) is 21.9. The zero-order valence-electron chi connectivity index (χ0n) is 35.1. The first-order valence-corrected chi connectivity index (χ1v) is 21.9. The van der Waals surface area contributed by atoms with Crippen LogP contribution in [0, 0.1) is 5.92 Å². The summed E-state index contributed by atoms with van der Waals surface area (Å²) in [5.41, 5.74) is 18.0. The van der Waals surface area contributed by atoms with E-state index in [-0.39, 0.29) is 0 Å². The van der Waals surface area contributed by atoms with Gasteiger partial charge in [0, 0.05) is 16.7 Å². The van der Waals surface area contributed by atoms with Crippen LogP contribution in [0.25, 0.3) is 105 Å². The molecule has 2 heteroatoms. The molecule has 0 saturated heterocycles. The molecule has 0 radical (unpaired) electrons. The molecule has 10 aromatic rings. The van der Waals surface area contributed by atoms with Gasteiger partial charge in [0.2, 0.25) is 0 Å². The molecular formula is C61H44N2. The van der Waals surface area contributed by atoms with E-state index in [0.29, 0.717) is 5.92 Å². The maximum Gasteiger partial charge on any atom is 0.0715 e. The lowest BCUT2D eigenvalue weighted by Gasteiger charge is -2.19. The Kier molecular flexibility index (Phi) is 9.95. The third-order valence-electron chi connectivity index (χ3n) is 12.5. The number of benzene rings is 8. The Morgan fingerprint density at radius 2 is 0.730 bits per heavy atom. The van der Waals surface area contributed by atoms with E-state index in [0.717, 1.165) is 57.0 Å². The van der Waals surface area contributed by atoms with E-state index in [1.807, 2.05) is 0 Å². The zero-order chi connectivity index (χ0) is 42.1. The van der Waals surface area contributed by atoms with Gasteiger partial charge in [-0.15, -0.1) is 0 Å². The van der Waals surface area contributed by atoms with E-state index in [1.165, 1.54) is 60.5 Å². The largest absolute Gasteiger partial charge is 0.248 e. The lowest BCUT2D eigenvalue weighted by atomic mass is 9.88. The summed E-state index contributed by atoms with van der Waals surface area (Å²) >= 11 is 0. The summed E-state index contributed by atoms with van der Waals surface area (Å²) in [6, 6.07) is 76.5. The van der Waals surface area contributed by atoms with Crippen LogP contribution < -0.4 is 0 Å². The van der Waals surface area contributed by atoms with E-state index in [9.17, 15) is 0 Å². The first kappa shape index (κ1) is 38.0. The monoisotopic (exact) mass is 804 g/mol. The molecule has 11 rings (SSSR count). The number of pyridine rings is 2. The maximum atomic E-state index is 5.23. The number of nitrogens with zero attached hydrogens (tertiary/aromatic N) is 2. The van der Waals surface area contributed by atoms with Gasteiger partial charge in [0.05, 0.1) is 22.8 Å². The van der Waals surface area contributed by atoms with Gasteiger partial charge in [-0.25, -0.2) is 9.97 Å². The second-order valence-corrected chi connectivity index (χ2v) is 16.6. The molecule has 0 spiro atoms. The number of fused-ring (bicyclic) bond motifs is 3. The third kappa shape index (κ3) is 7.47. The molecule has 1 unspecified atom stereocenters. The van der Waals surface area contributed by atoms with Crippen molar-refractivity contribution in [3.63, 3.8) is 0 Å². The summed E-state index contributed by atoms with van der Waals surface area (Å²) in [6.45, 7) is 2.29. The minimum absolute atomic E-state index is 0.408. The van der Waals surface area contributed by atoms with Crippen molar-refractivity contribution in [1.29, 1.82) is 0 Å². The van der Waals surface area contributed by atoms with Gasteiger partial charge < -0.3 is 0 Å². The molecule has 1 aliphatic rings. The molecule has 0 bridgehead atoms. The summed E-state index contributed by atoms with van der Waals surface area (Å²) in [5.74, 6) is 0.408. The molecule has 1 atom stereocenters. The first-order chi connectivity index (χ1) is 31.1. The van der Waals surface area contributed by atoms with E-state index in [1.54, 1.807) is 0 Å². The Labute approximate surface area is 369 Å². The van der Waals surface area contributed by atoms with Gasteiger partial charge in [0.25, 0.3) is 0 Å². The minimum Gasteiger partial charge on any atom is -0.248 e. The molecule has 2 heterocycles. The van der Waals surface area contributed by atoms with Crippen LogP contribution in [-0.2, 0) is 0 Å². The fraction of sp³-hybridized carbons (Fsp3) is 0.0492. The third-order valence-corrected chi connectivity index (χ3v) is 12.5. The predicted octanol–water partition coefficient (Wildman–Crippen LogP) is 16.4. The Hall–Kier alpha value is -7.94. The SMILES string of the molecule is CC1CC=CC=C1c1cc(-c2cccc(-c3cccc4c3ccc3c(-c5cccc(-c6cc(-c7ccccc7)nc(-c7ccccc7)c6)c5)cccc34)c2)cc(-c2ccccc2)n1. The van der Waals surface area contributed by atoms with Crippen molar-refractivity contribution in [2.45, 2.75) is 13.3 Å². The highest BCUT2D eigenvalue weighted by Crippen LogP contribution is 2.40. The highest BCUT2D eigenvalue weighted by molar-refractivity contribution is 6.15. The molecule has 0 fully saturated rings. The second-order valence-electron chi connectivity index (χ2n) is 16.6. The van der Waals surface area contributed by atoms with Crippen molar-refractivity contribution in [3.05, 3.63) is 236 Å². The van der Waals surface area contributed by atoms with Gasteiger partial charge in [-0.05, 0) is 120 Å². The summed E-state index contributed by atoms with van der Waals surface area (Å²) < 4.78 is 0. The Morgan fingerprint density at radius 1 is 0.333 bits per heavy atom. The molecule has 0 saturated carbocycles. The van der Waals surface area contributed by atoms with Crippen LogP contribution in [0.5, 0.6) is 0 Å².